The Labute approximate surface area is 136 Å². The van der Waals surface area contributed by atoms with Gasteiger partial charge in [0.25, 0.3) is 0 Å². The predicted octanol–water partition coefficient (Wildman–Crippen LogP) is 5.50. The molecule has 0 rings (SSSR count). The third-order valence-electron chi connectivity index (χ3n) is 4.32. The lowest BCUT2D eigenvalue weighted by Crippen LogP contribution is -2.41. The Morgan fingerprint density at radius 3 is 1.73 bits per heavy atom. The molecule has 1 atom stereocenters. The zero-order valence-corrected chi connectivity index (χ0v) is 14.9. The van der Waals surface area contributed by atoms with Crippen LogP contribution in [-0.4, -0.2) is 23.9 Å². The minimum absolute atomic E-state index is 0.465. The molecule has 1 unspecified atom stereocenters. The third-order valence-corrected chi connectivity index (χ3v) is 4.32. The van der Waals surface area contributed by atoms with E-state index < -0.39 is 11.6 Å². The van der Waals surface area contributed by atoms with Crippen molar-refractivity contribution in [3.63, 3.8) is 0 Å². The van der Waals surface area contributed by atoms with Gasteiger partial charge in [0.15, 0.2) is 5.60 Å². The molecule has 0 bridgehead atoms. The zero-order chi connectivity index (χ0) is 16.7. The van der Waals surface area contributed by atoms with E-state index in [1.54, 1.807) is 0 Å². The molecule has 0 spiro atoms. The van der Waals surface area contributed by atoms with Gasteiger partial charge in [0.1, 0.15) is 0 Å². The smallest absolute Gasteiger partial charge is 0.341 e. The van der Waals surface area contributed by atoms with E-state index in [1.165, 1.54) is 58.5 Å². The molecular formula is C18H36O4. The fourth-order valence-corrected chi connectivity index (χ4v) is 2.95. The molecule has 0 saturated carbocycles. The van der Waals surface area contributed by atoms with E-state index in [1.807, 2.05) is 6.92 Å². The van der Waals surface area contributed by atoms with Crippen LogP contribution in [0.4, 0.5) is 0 Å². The van der Waals surface area contributed by atoms with Crippen LogP contribution in [-0.2, 0) is 14.4 Å². The van der Waals surface area contributed by atoms with E-state index in [-0.39, 0.29) is 0 Å². The van der Waals surface area contributed by atoms with Crippen LogP contribution in [0.1, 0.15) is 97.3 Å². The summed E-state index contributed by atoms with van der Waals surface area (Å²) in [5.74, 6) is -0.465. The SMILES string of the molecule is CCCCCCCCCCCCC(CCC)(OO)C(=O)OC. The molecule has 22 heavy (non-hydrogen) atoms. The Kier molecular flexibility index (Phi) is 13.6. The van der Waals surface area contributed by atoms with Crippen molar-refractivity contribution >= 4 is 5.97 Å². The summed E-state index contributed by atoms with van der Waals surface area (Å²) in [7, 11) is 1.34. The van der Waals surface area contributed by atoms with Crippen LogP contribution in [0.5, 0.6) is 0 Å². The Morgan fingerprint density at radius 2 is 1.32 bits per heavy atom. The molecule has 0 aliphatic heterocycles. The van der Waals surface area contributed by atoms with Crippen molar-refractivity contribution in [1.82, 2.24) is 0 Å². The number of hydrogen-bond acceptors (Lipinski definition) is 4. The summed E-state index contributed by atoms with van der Waals surface area (Å²) in [6.45, 7) is 4.21. The maximum Gasteiger partial charge on any atom is 0.341 e. The van der Waals surface area contributed by atoms with Gasteiger partial charge in [-0.1, -0.05) is 78.1 Å². The lowest BCUT2D eigenvalue weighted by Gasteiger charge is -2.27. The van der Waals surface area contributed by atoms with Gasteiger partial charge in [0.05, 0.1) is 7.11 Å². The molecule has 0 aromatic heterocycles. The number of unbranched alkanes of at least 4 members (excludes halogenated alkanes) is 9. The lowest BCUT2D eigenvalue weighted by atomic mass is 9.91. The summed E-state index contributed by atoms with van der Waals surface area (Å²) >= 11 is 0. The first kappa shape index (κ1) is 21.4. The fourth-order valence-electron chi connectivity index (χ4n) is 2.95. The van der Waals surface area contributed by atoms with Gasteiger partial charge in [0.2, 0.25) is 0 Å². The van der Waals surface area contributed by atoms with Gasteiger partial charge in [-0.15, -0.1) is 0 Å². The molecule has 0 aliphatic rings. The maximum absolute atomic E-state index is 11.8. The summed E-state index contributed by atoms with van der Waals surface area (Å²) in [6, 6.07) is 0. The number of methoxy groups -OCH3 is 1. The number of rotatable bonds is 15. The summed E-state index contributed by atoms with van der Waals surface area (Å²) < 4.78 is 4.78. The predicted molar refractivity (Wildman–Crippen MR) is 89.8 cm³/mol. The fraction of sp³-hybridized carbons (Fsp3) is 0.944. The minimum Gasteiger partial charge on any atom is -0.467 e. The van der Waals surface area contributed by atoms with Crippen molar-refractivity contribution in [2.45, 2.75) is 103 Å². The first-order chi connectivity index (χ1) is 10.7. The maximum atomic E-state index is 11.8. The number of esters is 1. The normalized spacial score (nSPS) is 13.8. The van der Waals surface area contributed by atoms with Crippen molar-refractivity contribution in [1.29, 1.82) is 0 Å². The molecule has 0 aromatic rings. The molecule has 0 saturated heterocycles. The van der Waals surface area contributed by atoms with Crippen molar-refractivity contribution in [2.75, 3.05) is 7.11 Å². The largest absolute Gasteiger partial charge is 0.467 e. The average molecular weight is 316 g/mol. The molecule has 0 heterocycles. The Balaban J connectivity index is 3.79. The second kappa shape index (κ2) is 14.0. The first-order valence-corrected chi connectivity index (χ1v) is 9.07. The van der Waals surface area contributed by atoms with Crippen LogP contribution in [0.3, 0.4) is 0 Å². The lowest BCUT2D eigenvalue weighted by molar-refractivity contribution is -0.321. The highest BCUT2D eigenvalue weighted by Crippen LogP contribution is 2.26. The van der Waals surface area contributed by atoms with Crippen LogP contribution >= 0.6 is 0 Å². The topological polar surface area (TPSA) is 55.8 Å². The highest BCUT2D eigenvalue weighted by Gasteiger charge is 2.40. The average Bonchev–Trinajstić information content (AvgIpc) is 2.54. The summed E-state index contributed by atoms with van der Waals surface area (Å²) in [5, 5.41) is 9.15. The van der Waals surface area contributed by atoms with E-state index >= 15 is 0 Å². The number of carbonyl (C=O) groups excluding carboxylic acids is 1. The van der Waals surface area contributed by atoms with E-state index in [2.05, 4.69) is 11.8 Å². The minimum atomic E-state index is -1.16. The van der Waals surface area contributed by atoms with Gasteiger partial charge in [-0.2, -0.15) is 0 Å². The molecular weight excluding hydrogens is 280 g/mol. The van der Waals surface area contributed by atoms with E-state index in [9.17, 15) is 4.79 Å². The second-order valence-electron chi connectivity index (χ2n) is 6.26. The summed E-state index contributed by atoms with van der Waals surface area (Å²) in [4.78, 5) is 16.4. The Hall–Kier alpha value is -0.610. The molecule has 0 amide bonds. The highest BCUT2D eigenvalue weighted by molar-refractivity contribution is 5.79. The van der Waals surface area contributed by atoms with Gasteiger partial charge in [-0.25, -0.2) is 9.68 Å². The summed E-state index contributed by atoms with van der Waals surface area (Å²) in [6.07, 6.45) is 14.2. The monoisotopic (exact) mass is 316 g/mol. The molecule has 0 radical (unpaired) electrons. The van der Waals surface area contributed by atoms with Gasteiger partial charge in [0, 0.05) is 0 Å². The van der Waals surface area contributed by atoms with Crippen molar-refractivity contribution in [2.24, 2.45) is 0 Å². The second-order valence-corrected chi connectivity index (χ2v) is 6.26. The van der Waals surface area contributed by atoms with E-state index in [0.29, 0.717) is 12.8 Å². The van der Waals surface area contributed by atoms with E-state index in [4.69, 9.17) is 9.99 Å². The van der Waals surface area contributed by atoms with Gasteiger partial charge in [-0.05, 0) is 19.3 Å². The number of hydrogen-bond donors (Lipinski definition) is 1. The van der Waals surface area contributed by atoms with Crippen LogP contribution in [0.15, 0.2) is 0 Å². The quantitative estimate of drug-likeness (QED) is 0.188. The molecule has 4 heteroatoms. The van der Waals surface area contributed by atoms with Gasteiger partial charge >= 0.3 is 5.97 Å². The van der Waals surface area contributed by atoms with Crippen LogP contribution in [0.25, 0.3) is 0 Å². The summed E-state index contributed by atoms with van der Waals surface area (Å²) in [5.41, 5.74) is -1.16. The standard InChI is InChI=1S/C18H36O4/c1-4-6-7-8-9-10-11-12-13-14-16-18(22-20,15-5-2)17(19)21-3/h20H,4-16H2,1-3H3. The Morgan fingerprint density at radius 1 is 0.818 bits per heavy atom. The third kappa shape index (κ3) is 8.74. The number of carbonyl (C=O) groups is 1. The molecule has 132 valence electrons. The van der Waals surface area contributed by atoms with Crippen molar-refractivity contribution in [3.05, 3.63) is 0 Å². The van der Waals surface area contributed by atoms with Gasteiger partial charge < -0.3 is 4.74 Å². The number of ether oxygens (including phenoxy) is 1. The van der Waals surface area contributed by atoms with Gasteiger partial charge in [-0.3, -0.25) is 5.26 Å². The van der Waals surface area contributed by atoms with E-state index in [0.717, 1.165) is 19.3 Å². The van der Waals surface area contributed by atoms with Crippen molar-refractivity contribution in [3.8, 4) is 0 Å². The van der Waals surface area contributed by atoms with Crippen molar-refractivity contribution < 1.29 is 19.7 Å². The van der Waals surface area contributed by atoms with Crippen LogP contribution < -0.4 is 0 Å². The molecule has 0 aromatic carbocycles. The molecule has 0 fully saturated rings. The first-order valence-electron chi connectivity index (χ1n) is 9.07. The molecule has 4 nitrogen and oxygen atoms in total. The van der Waals surface area contributed by atoms with Crippen LogP contribution in [0.2, 0.25) is 0 Å². The van der Waals surface area contributed by atoms with Crippen LogP contribution in [0, 0.1) is 0 Å². The molecule has 1 N–H and O–H groups in total. The molecule has 0 aliphatic carbocycles. The highest BCUT2D eigenvalue weighted by atomic mass is 17.1. The Bertz CT molecular complexity index is 268. The zero-order valence-electron chi connectivity index (χ0n) is 14.9.